The average molecular weight is 264 g/mol. The SMILES string of the molecule is NC(Cc1ccc(O)cc1)C(=O)N1CCC[C@@H]1CO. The predicted octanol–water partition coefficient (Wildman–Crippen LogP) is 0.245. The van der Waals surface area contributed by atoms with Crippen LogP contribution in [0.4, 0.5) is 0 Å². The van der Waals surface area contributed by atoms with Crippen LogP contribution < -0.4 is 5.73 Å². The zero-order valence-corrected chi connectivity index (χ0v) is 10.8. The second-order valence-electron chi connectivity index (χ2n) is 4.99. The van der Waals surface area contributed by atoms with E-state index >= 15 is 0 Å². The molecule has 1 aliphatic rings. The molecular weight excluding hydrogens is 244 g/mol. The average Bonchev–Trinajstić information content (AvgIpc) is 2.88. The molecule has 19 heavy (non-hydrogen) atoms. The first-order valence-electron chi connectivity index (χ1n) is 6.56. The fraction of sp³-hybridized carbons (Fsp3) is 0.500. The molecule has 1 heterocycles. The Labute approximate surface area is 112 Å². The van der Waals surface area contributed by atoms with E-state index in [1.54, 1.807) is 29.2 Å². The number of carbonyl (C=O) groups excluding carboxylic acids is 1. The van der Waals surface area contributed by atoms with Gasteiger partial charge < -0.3 is 20.8 Å². The van der Waals surface area contributed by atoms with Crippen LogP contribution in [0.25, 0.3) is 0 Å². The number of hydrogen-bond donors (Lipinski definition) is 3. The molecule has 0 bridgehead atoms. The highest BCUT2D eigenvalue weighted by Crippen LogP contribution is 2.18. The molecule has 1 fully saturated rings. The fourth-order valence-electron chi connectivity index (χ4n) is 2.50. The topological polar surface area (TPSA) is 86.8 Å². The maximum Gasteiger partial charge on any atom is 0.240 e. The van der Waals surface area contributed by atoms with Crippen molar-refractivity contribution in [1.29, 1.82) is 0 Å². The van der Waals surface area contributed by atoms with Crippen molar-refractivity contribution >= 4 is 5.91 Å². The number of phenolic OH excluding ortho intramolecular Hbond substituents is 1. The van der Waals surface area contributed by atoms with Gasteiger partial charge in [0.15, 0.2) is 0 Å². The molecule has 1 aliphatic heterocycles. The Morgan fingerprint density at radius 2 is 2.11 bits per heavy atom. The largest absolute Gasteiger partial charge is 0.508 e. The molecule has 5 heteroatoms. The first-order valence-corrected chi connectivity index (χ1v) is 6.56. The highest BCUT2D eigenvalue weighted by Gasteiger charge is 2.31. The Kier molecular flexibility index (Phi) is 4.39. The predicted molar refractivity (Wildman–Crippen MR) is 71.6 cm³/mol. The maximum atomic E-state index is 12.2. The highest BCUT2D eigenvalue weighted by molar-refractivity contribution is 5.82. The molecule has 2 atom stereocenters. The molecule has 104 valence electrons. The molecule has 0 spiro atoms. The van der Waals surface area contributed by atoms with Crippen LogP contribution in [0.5, 0.6) is 5.75 Å². The Morgan fingerprint density at radius 1 is 1.42 bits per heavy atom. The normalized spacial score (nSPS) is 20.5. The van der Waals surface area contributed by atoms with Crippen molar-refractivity contribution in [2.24, 2.45) is 5.73 Å². The lowest BCUT2D eigenvalue weighted by Gasteiger charge is -2.26. The first kappa shape index (κ1) is 13.8. The maximum absolute atomic E-state index is 12.2. The van der Waals surface area contributed by atoms with Gasteiger partial charge in [0, 0.05) is 6.54 Å². The summed E-state index contributed by atoms with van der Waals surface area (Å²) in [4.78, 5) is 13.9. The number of rotatable bonds is 4. The van der Waals surface area contributed by atoms with E-state index in [4.69, 9.17) is 5.73 Å². The van der Waals surface area contributed by atoms with Gasteiger partial charge in [-0.15, -0.1) is 0 Å². The van der Waals surface area contributed by atoms with Crippen molar-refractivity contribution in [3.63, 3.8) is 0 Å². The molecule has 1 aromatic carbocycles. The van der Waals surface area contributed by atoms with Crippen LogP contribution in [0.3, 0.4) is 0 Å². The zero-order valence-electron chi connectivity index (χ0n) is 10.8. The van der Waals surface area contributed by atoms with Crippen LogP contribution in [-0.2, 0) is 11.2 Å². The van der Waals surface area contributed by atoms with Crippen LogP contribution >= 0.6 is 0 Å². The van der Waals surface area contributed by atoms with Gasteiger partial charge in [-0.05, 0) is 37.0 Å². The molecule has 1 saturated heterocycles. The van der Waals surface area contributed by atoms with Gasteiger partial charge in [-0.2, -0.15) is 0 Å². The molecule has 5 nitrogen and oxygen atoms in total. The number of carbonyl (C=O) groups is 1. The van der Waals surface area contributed by atoms with Crippen molar-refractivity contribution in [1.82, 2.24) is 4.90 Å². The number of aliphatic hydroxyl groups is 1. The molecule has 0 radical (unpaired) electrons. The minimum atomic E-state index is -0.600. The van der Waals surface area contributed by atoms with Crippen molar-refractivity contribution in [3.05, 3.63) is 29.8 Å². The van der Waals surface area contributed by atoms with Gasteiger partial charge in [-0.3, -0.25) is 4.79 Å². The monoisotopic (exact) mass is 264 g/mol. The van der Waals surface area contributed by atoms with Gasteiger partial charge in [0.05, 0.1) is 18.7 Å². The summed E-state index contributed by atoms with van der Waals surface area (Å²) in [6.45, 7) is 0.672. The minimum absolute atomic E-state index is 0.00231. The molecule has 1 aromatic rings. The van der Waals surface area contributed by atoms with Gasteiger partial charge in [0.25, 0.3) is 0 Å². The van der Waals surface area contributed by atoms with Gasteiger partial charge >= 0.3 is 0 Å². The lowest BCUT2D eigenvalue weighted by Crippen LogP contribution is -2.47. The molecule has 0 saturated carbocycles. The van der Waals surface area contributed by atoms with E-state index < -0.39 is 6.04 Å². The second kappa shape index (κ2) is 6.04. The quantitative estimate of drug-likeness (QED) is 0.727. The van der Waals surface area contributed by atoms with E-state index in [-0.39, 0.29) is 24.3 Å². The summed E-state index contributed by atoms with van der Waals surface area (Å²) in [5, 5.41) is 18.4. The Morgan fingerprint density at radius 3 is 2.74 bits per heavy atom. The van der Waals surface area contributed by atoms with Crippen molar-refractivity contribution < 1.29 is 15.0 Å². The number of amides is 1. The van der Waals surface area contributed by atoms with Crippen molar-refractivity contribution in [2.75, 3.05) is 13.2 Å². The van der Waals surface area contributed by atoms with E-state index in [0.29, 0.717) is 13.0 Å². The summed E-state index contributed by atoms with van der Waals surface area (Å²) < 4.78 is 0. The molecule has 1 unspecified atom stereocenters. The third-order valence-electron chi connectivity index (χ3n) is 3.58. The number of likely N-dealkylation sites (tertiary alicyclic amines) is 1. The number of nitrogens with zero attached hydrogens (tertiary/aromatic N) is 1. The molecule has 4 N–H and O–H groups in total. The van der Waals surface area contributed by atoms with Crippen LogP contribution in [0.2, 0.25) is 0 Å². The van der Waals surface area contributed by atoms with Crippen molar-refractivity contribution in [2.45, 2.75) is 31.3 Å². The number of nitrogens with two attached hydrogens (primary N) is 1. The molecular formula is C14H20N2O3. The molecule has 0 aliphatic carbocycles. The van der Waals surface area contributed by atoms with Crippen LogP contribution in [0, 0.1) is 0 Å². The first-order chi connectivity index (χ1) is 9.11. The Hall–Kier alpha value is -1.59. The van der Waals surface area contributed by atoms with E-state index in [0.717, 1.165) is 18.4 Å². The van der Waals surface area contributed by atoms with Crippen LogP contribution in [-0.4, -0.2) is 46.3 Å². The summed E-state index contributed by atoms with van der Waals surface area (Å²) in [5.74, 6) is 0.0909. The number of benzene rings is 1. The number of phenols is 1. The third-order valence-corrected chi connectivity index (χ3v) is 3.58. The Bertz CT molecular complexity index is 433. The van der Waals surface area contributed by atoms with Gasteiger partial charge in [0.1, 0.15) is 5.75 Å². The smallest absolute Gasteiger partial charge is 0.240 e. The second-order valence-corrected chi connectivity index (χ2v) is 4.99. The molecule has 0 aromatic heterocycles. The van der Waals surface area contributed by atoms with E-state index in [1.165, 1.54) is 0 Å². The zero-order chi connectivity index (χ0) is 13.8. The van der Waals surface area contributed by atoms with E-state index in [9.17, 15) is 15.0 Å². The molecule has 2 rings (SSSR count). The minimum Gasteiger partial charge on any atom is -0.508 e. The Balaban J connectivity index is 1.97. The highest BCUT2D eigenvalue weighted by atomic mass is 16.3. The third kappa shape index (κ3) is 3.24. The lowest BCUT2D eigenvalue weighted by molar-refractivity contribution is -0.134. The van der Waals surface area contributed by atoms with E-state index in [2.05, 4.69) is 0 Å². The standard InChI is InChI=1S/C14H20N2O3/c15-13(8-10-3-5-12(18)6-4-10)14(19)16-7-1-2-11(16)9-17/h3-6,11,13,17-18H,1-2,7-9,15H2/t11-,13?/m1/s1. The number of aliphatic hydroxyl groups excluding tert-OH is 1. The van der Waals surface area contributed by atoms with Crippen LogP contribution in [0.1, 0.15) is 18.4 Å². The summed E-state index contributed by atoms with van der Waals surface area (Å²) in [5.41, 5.74) is 6.86. The van der Waals surface area contributed by atoms with E-state index in [1.807, 2.05) is 0 Å². The number of hydrogen-bond acceptors (Lipinski definition) is 4. The number of aromatic hydroxyl groups is 1. The van der Waals surface area contributed by atoms with Crippen LogP contribution in [0.15, 0.2) is 24.3 Å². The lowest BCUT2D eigenvalue weighted by atomic mass is 10.1. The van der Waals surface area contributed by atoms with Gasteiger partial charge in [0.2, 0.25) is 5.91 Å². The van der Waals surface area contributed by atoms with Gasteiger partial charge in [-0.25, -0.2) is 0 Å². The summed E-state index contributed by atoms with van der Waals surface area (Å²) in [6.07, 6.45) is 2.20. The van der Waals surface area contributed by atoms with Gasteiger partial charge in [-0.1, -0.05) is 12.1 Å². The summed E-state index contributed by atoms with van der Waals surface area (Å²) in [6, 6.07) is 6.00. The summed E-state index contributed by atoms with van der Waals surface area (Å²) >= 11 is 0. The summed E-state index contributed by atoms with van der Waals surface area (Å²) in [7, 11) is 0. The van der Waals surface area contributed by atoms with Crippen molar-refractivity contribution in [3.8, 4) is 5.75 Å². The molecule has 1 amide bonds. The fourth-order valence-corrected chi connectivity index (χ4v) is 2.50.